The number of nitrogens with zero attached hydrogens (tertiary/aromatic N) is 1. The van der Waals surface area contributed by atoms with E-state index in [1.54, 1.807) is 18.2 Å². The van der Waals surface area contributed by atoms with Crippen molar-refractivity contribution in [3.05, 3.63) is 64.2 Å². The zero-order valence-electron chi connectivity index (χ0n) is 22.3. The summed E-state index contributed by atoms with van der Waals surface area (Å²) in [5, 5.41) is 18.7. The van der Waals surface area contributed by atoms with Crippen molar-refractivity contribution in [3.8, 4) is 0 Å². The van der Waals surface area contributed by atoms with Gasteiger partial charge in [0.2, 0.25) is 5.91 Å². The van der Waals surface area contributed by atoms with E-state index < -0.39 is 34.9 Å². The molecule has 1 heterocycles. The number of fused-ring (bicyclic) bond motifs is 1. The standard InChI is InChI=1S/C27H33N5O7S/c1-38-24(33)16-29-21(25(34)30-20(27(35)39-2)11-7-8-14-28)15-18-17-9-3-4-10-19(17)31-26(18)40-23-13-6-5-12-22(23)32(36)37/h3-6,9-10,12-13,20-21,29,31H,7-8,11,14-16,28H2,1-2H3,(H,30,34)/t20-,21-/m0/s1. The minimum absolute atomic E-state index is 0.0476. The maximum absolute atomic E-state index is 13.5. The van der Waals surface area contributed by atoms with Crippen molar-refractivity contribution in [2.75, 3.05) is 27.3 Å². The molecule has 2 aromatic carbocycles. The molecule has 0 fully saturated rings. The number of aromatic amines is 1. The number of aromatic nitrogens is 1. The van der Waals surface area contributed by atoms with Crippen LogP contribution in [0.4, 0.5) is 5.69 Å². The molecule has 0 radical (unpaired) electrons. The van der Waals surface area contributed by atoms with Crippen LogP contribution in [-0.4, -0.2) is 67.1 Å². The van der Waals surface area contributed by atoms with Crippen LogP contribution in [0.2, 0.25) is 0 Å². The van der Waals surface area contributed by atoms with Crippen molar-refractivity contribution in [2.24, 2.45) is 5.73 Å². The van der Waals surface area contributed by atoms with Crippen LogP contribution in [0.3, 0.4) is 0 Å². The SMILES string of the molecule is COC(=O)CN[C@@H](Cc1c(Sc2ccccc2[N+](=O)[O-])[nH]c2ccccc12)C(=O)N[C@@H](CCCCN)C(=O)OC. The van der Waals surface area contributed by atoms with E-state index in [1.165, 1.54) is 32.0 Å². The number of methoxy groups -OCH3 is 2. The highest BCUT2D eigenvalue weighted by Crippen LogP contribution is 2.39. The molecule has 40 heavy (non-hydrogen) atoms. The van der Waals surface area contributed by atoms with Crippen molar-refractivity contribution >= 4 is 46.2 Å². The minimum atomic E-state index is -0.954. The number of nitrogens with one attached hydrogen (secondary N) is 3. The Labute approximate surface area is 235 Å². The number of carbonyl (C=O) groups excluding carboxylic acids is 3. The first kappa shape index (κ1) is 30.6. The smallest absolute Gasteiger partial charge is 0.328 e. The fourth-order valence-electron chi connectivity index (χ4n) is 4.17. The van der Waals surface area contributed by atoms with Crippen LogP contribution in [0.5, 0.6) is 0 Å². The topological polar surface area (TPSA) is 179 Å². The molecule has 0 aliphatic carbocycles. The van der Waals surface area contributed by atoms with Gasteiger partial charge in [-0.15, -0.1) is 0 Å². The van der Waals surface area contributed by atoms with Crippen LogP contribution in [0.1, 0.15) is 24.8 Å². The quantitative estimate of drug-likeness (QED) is 0.0917. The molecule has 13 heteroatoms. The first-order valence-corrected chi connectivity index (χ1v) is 13.5. The third kappa shape index (κ3) is 8.04. The number of carbonyl (C=O) groups is 3. The highest BCUT2D eigenvalue weighted by molar-refractivity contribution is 7.99. The number of nitro groups is 1. The number of H-pyrrole nitrogens is 1. The normalized spacial score (nSPS) is 12.5. The van der Waals surface area contributed by atoms with E-state index in [2.05, 4.69) is 15.6 Å². The van der Waals surface area contributed by atoms with Crippen molar-refractivity contribution in [1.82, 2.24) is 15.6 Å². The molecule has 2 atom stereocenters. The number of nitro benzene ring substituents is 1. The summed E-state index contributed by atoms with van der Waals surface area (Å²) in [6.45, 7) is 0.200. The minimum Gasteiger partial charge on any atom is -0.468 e. The Morgan fingerprint density at radius 1 is 1.05 bits per heavy atom. The number of amides is 1. The lowest BCUT2D eigenvalue weighted by molar-refractivity contribution is -0.387. The van der Waals surface area contributed by atoms with Gasteiger partial charge in [0.05, 0.1) is 41.7 Å². The van der Waals surface area contributed by atoms with Crippen LogP contribution < -0.4 is 16.4 Å². The third-order valence-corrected chi connectivity index (χ3v) is 7.36. The van der Waals surface area contributed by atoms with Gasteiger partial charge in [0, 0.05) is 17.0 Å². The maximum atomic E-state index is 13.5. The van der Waals surface area contributed by atoms with Gasteiger partial charge in [-0.2, -0.15) is 0 Å². The summed E-state index contributed by atoms with van der Waals surface area (Å²) in [7, 11) is 2.49. The zero-order valence-corrected chi connectivity index (χ0v) is 23.1. The van der Waals surface area contributed by atoms with E-state index in [0.717, 1.165) is 10.9 Å². The van der Waals surface area contributed by atoms with Crippen molar-refractivity contribution in [3.63, 3.8) is 0 Å². The zero-order chi connectivity index (χ0) is 29.1. The number of rotatable bonds is 15. The Hall–Kier alpha value is -3.94. The summed E-state index contributed by atoms with van der Waals surface area (Å²) in [6, 6.07) is 12.0. The molecule has 0 aliphatic rings. The largest absolute Gasteiger partial charge is 0.468 e. The van der Waals surface area contributed by atoms with Crippen LogP contribution in [-0.2, 0) is 30.3 Å². The predicted molar refractivity (Wildman–Crippen MR) is 150 cm³/mol. The summed E-state index contributed by atoms with van der Waals surface area (Å²) in [5.41, 5.74) is 7.02. The molecule has 1 aromatic heterocycles. The molecule has 0 saturated carbocycles. The number of para-hydroxylation sites is 2. The molecular formula is C27H33N5O7S. The summed E-state index contributed by atoms with van der Waals surface area (Å²) in [5.74, 6) is -1.67. The molecular weight excluding hydrogens is 538 g/mol. The number of hydrogen-bond donors (Lipinski definition) is 4. The summed E-state index contributed by atoms with van der Waals surface area (Å²) < 4.78 is 9.61. The molecule has 0 spiro atoms. The van der Waals surface area contributed by atoms with Crippen LogP contribution in [0.25, 0.3) is 10.9 Å². The van der Waals surface area contributed by atoms with E-state index >= 15 is 0 Å². The van der Waals surface area contributed by atoms with Gasteiger partial charge in [-0.3, -0.25) is 25.0 Å². The summed E-state index contributed by atoms with van der Waals surface area (Å²) in [6.07, 6.45) is 1.72. The lowest BCUT2D eigenvalue weighted by Crippen LogP contribution is -2.52. The second-order valence-corrected chi connectivity index (χ2v) is 9.94. The fraction of sp³-hybridized carbons (Fsp3) is 0.370. The molecule has 0 saturated heterocycles. The maximum Gasteiger partial charge on any atom is 0.328 e. The average Bonchev–Trinajstić information content (AvgIpc) is 3.30. The number of hydrogen-bond acceptors (Lipinski definition) is 10. The Balaban J connectivity index is 1.96. The molecule has 0 aliphatic heterocycles. The second kappa shape index (κ2) is 15.0. The monoisotopic (exact) mass is 571 g/mol. The van der Waals surface area contributed by atoms with E-state index in [1.807, 2.05) is 24.3 Å². The van der Waals surface area contributed by atoms with E-state index in [-0.39, 0.29) is 18.7 Å². The number of ether oxygens (including phenoxy) is 2. The van der Waals surface area contributed by atoms with Gasteiger partial charge in [-0.1, -0.05) is 42.1 Å². The highest BCUT2D eigenvalue weighted by Gasteiger charge is 2.29. The number of unbranched alkanes of at least 4 members (excludes halogenated alkanes) is 1. The Morgan fingerprint density at radius 2 is 1.77 bits per heavy atom. The van der Waals surface area contributed by atoms with Crippen molar-refractivity contribution in [1.29, 1.82) is 0 Å². The van der Waals surface area contributed by atoms with E-state index in [4.69, 9.17) is 15.2 Å². The van der Waals surface area contributed by atoms with Gasteiger partial charge in [0.25, 0.3) is 5.69 Å². The lowest BCUT2D eigenvalue weighted by atomic mass is 10.0. The van der Waals surface area contributed by atoms with Gasteiger partial charge in [0.1, 0.15) is 6.04 Å². The van der Waals surface area contributed by atoms with Gasteiger partial charge < -0.3 is 25.5 Å². The predicted octanol–water partition coefficient (Wildman–Crippen LogP) is 2.69. The summed E-state index contributed by atoms with van der Waals surface area (Å²) >= 11 is 1.18. The van der Waals surface area contributed by atoms with Crippen LogP contribution >= 0.6 is 11.8 Å². The molecule has 12 nitrogen and oxygen atoms in total. The van der Waals surface area contributed by atoms with Crippen LogP contribution in [0, 0.1) is 10.1 Å². The molecule has 3 rings (SSSR count). The molecule has 5 N–H and O–H groups in total. The molecule has 0 unspecified atom stereocenters. The first-order chi connectivity index (χ1) is 19.3. The fourth-order valence-corrected chi connectivity index (χ4v) is 5.26. The Kier molecular flexibility index (Phi) is 11.5. The molecule has 3 aromatic rings. The molecule has 0 bridgehead atoms. The number of benzene rings is 2. The third-order valence-electron chi connectivity index (χ3n) is 6.24. The molecule has 214 valence electrons. The van der Waals surface area contributed by atoms with Gasteiger partial charge >= 0.3 is 11.9 Å². The lowest BCUT2D eigenvalue weighted by Gasteiger charge is -2.22. The average molecular weight is 572 g/mol. The Bertz CT molecular complexity index is 1350. The highest BCUT2D eigenvalue weighted by atomic mass is 32.2. The van der Waals surface area contributed by atoms with Gasteiger partial charge in [-0.25, -0.2) is 4.79 Å². The van der Waals surface area contributed by atoms with E-state index in [9.17, 15) is 24.5 Å². The van der Waals surface area contributed by atoms with Crippen molar-refractivity contribution < 1.29 is 28.8 Å². The summed E-state index contributed by atoms with van der Waals surface area (Å²) in [4.78, 5) is 52.7. The van der Waals surface area contributed by atoms with E-state index in [0.29, 0.717) is 41.3 Å². The van der Waals surface area contributed by atoms with Crippen molar-refractivity contribution in [2.45, 2.75) is 47.7 Å². The number of esters is 2. The Morgan fingerprint density at radius 3 is 2.48 bits per heavy atom. The second-order valence-electron chi connectivity index (χ2n) is 8.89. The van der Waals surface area contributed by atoms with Crippen LogP contribution in [0.15, 0.2) is 58.5 Å². The number of nitrogens with two attached hydrogens (primary N) is 1. The van der Waals surface area contributed by atoms with Gasteiger partial charge in [-0.05, 0) is 49.9 Å². The van der Waals surface area contributed by atoms with Gasteiger partial charge in [0.15, 0.2) is 0 Å². The first-order valence-electron chi connectivity index (χ1n) is 12.7. The molecule has 1 amide bonds.